The number of rotatable bonds is 5. The number of nitrogens with zero attached hydrogens (tertiary/aromatic N) is 3. The Kier molecular flexibility index (Phi) is 7.60. The van der Waals surface area contributed by atoms with Gasteiger partial charge in [0.1, 0.15) is 0 Å². The minimum absolute atomic E-state index is 0.358. The van der Waals surface area contributed by atoms with E-state index in [1.807, 2.05) is 11.8 Å². The van der Waals surface area contributed by atoms with Crippen molar-refractivity contribution in [3.05, 3.63) is 234 Å². The first-order valence-electron chi connectivity index (χ1n) is 24.7. The SMILES string of the molecule is c1ccc2c(c1)Sc1c(N(c3ccc(-n4c5ccccc5c5ccccc54)cc3)c3ccc(C45CC6CC(CC4C6)C5)cc3)cccc1C21c2ccccc2-n2c3ccccc3c3cccc1c32. The fourth-order valence-electron chi connectivity index (χ4n) is 15.1. The summed E-state index contributed by atoms with van der Waals surface area (Å²) in [6.45, 7) is 0. The van der Waals surface area contributed by atoms with E-state index in [1.54, 1.807) is 5.56 Å². The molecule has 0 saturated heterocycles. The van der Waals surface area contributed by atoms with Crippen molar-refractivity contribution in [2.24, 2.45) is 17.8 Å². The Morgan fingerprint density at radius 2 is 0.985 bits per heavy atom. The molecule has 4 aliphatic carbocycles. The van der Waals surface area contributed by atoms with Crippen LogP contribution in [0.4, 0.5) is 17.1 Å². The lowest BCUT2D eigenvalue weighted by Crippen LogP contribution is -2.38. The zero-order valence-corrected chi connectivity index (χ0v) is 38.5. The van der Waals surface area contributed by atoms with Crippen molar-refractivity contribution in [1.82, 2.24) is 9.13 Å². The van der Waals surface area contributed by atoms with Gasteiger partial charge >= 0.3 is 0 Å². The van der Waals surface area contributed by atoms with Gasteiger partial charge in [0, 0.05) is 48.4 Å². The predicted molar refractivity (Wildman–Crippen MR) is 281 cm³/mol. The topological polar surface area (TPSA) is 13.1 Å². The first-order chi connectivity index (χ1) is 33.7. The van der Waals surface area contributed by atoms with Crippen molar-refractivity contribution in [3.8, 4) is 11.4 Å². The molecule has 2 aromatic heterocycles. The highest BCUT2D eigenvalue weighted by molar-refractivity contribution is 7.99. The summed E-state index contributed by atoms with van der Waals surface area (Å²) in [5.41, 5.74) is 17.6. The second-order valence-electron chi connectivity index (χ2n) is 20.5. The van der Waals surface area contributed by atoms with Crippen molar-refractivity contribution < 1.29 is 0 Å². The number of fused-ring (bicyclic) bond motifs is 14. The molecule has 17 rings (SSSR count). The van der Waals surface area contributed by atoms with Crippen LogP contribution in [0.5, 0.6) is 0 Å². The standard InChI is InChI=1S/C64H47N3S/c1-6-21-55-47(13-1)48-14-2-7-22-56(48)66(55)46-33-31-45(32-34-46)65(44-29-27-42(28-30-44)63-38-40-35-41(39-63)37-43(63)36-40)59-25-12-20-54-62(59)68-60-26-10-5-18-52(60)64(54)51-17-4-9-24-58(51)67-57-23-8-3-15-49(57)50-16-11-19-53(64)61(50)67/h1-34,40-41,43H,35-39H2. The smallest absolute Gasteiger partial charge is 0.0765 e. The van der Waals surface area contributed by atoms with E-state index in [9.17, 15) is 0 Å². The average molecular weight is 890 g/mol. The molecule has 4 bridgehead atoms. The molecule has 4 heteroatoms. The van der Waals surface area contributed by atoms with Crippen LogP contribution in [0.2, 0.25) is 0 Å². The lowest BCUT2D eigenvalue weighted by molar-refractivity contribution is 0.266. The van der Waals surface area contributed by atoms with Crippen LogP contribution in [-0.4, -0.2) is 9.13 Å². The van der Waals surface area contributed by atoms with Gasteiger partial charge in [-0.3, -0.25) is 0 Å². The Labute approximate surface area is 400 Å². The number of para-hydroxylation sites is 5. The highest BCUT2D eigenvalue weighted by Crippen LogP contribution is 2.67. The van der Waals surface area contributed by atoms with Crippen molar-refractivity contribution in [3.63, 3.8) is 0 Å². The minimum atomic E-state index is -0.566. The summed E-state index contributed by atoms with van der Waals surface area (Å²) in [5.74, 6) is 2.67. The van der Waals surface area contributed by atoms with Gasteiger partial charge in [-0.1, -0.05) is 145 Å². The summed E-state index contributed by atoms with van der Waals surface area (Å²) in [6, 6.07) is 78.6. The van der Waals surface area contributed by atoms with Crippen molar-refractivity contribution in [1.29, 1.82) is 0 Å². The maximum absolute atomic E-state index is 2.56. The van der Waals surface area contributed by atoms with E-state index in [0.29, 0.717) is 5.41 Å². The average Bonchev–Trinajstić information content (AvgIpc) is 4.08. The van der Waals surface area contributed by atoms with Crippen LogP contribution in [-0.2, 0) is 10.8 Å². The zero-order valence-electron chi connectivity index (χ0n) is 37.6. The van der Waals surface area contributed by atoms with Crippen LogP contribution in [0.25, 0.3) is 55.0 Å². The summed E-state index contributed by atoms with van der Waals surface area (Å²) >= 11 is 1.94. The van der Waals surface area contributed by atoms with Crippen molar-refractivity contribution in [2.75, 3.05) is 4.90 Å². The molecule has 0 radical (unpaired) electrons. The molecule has 6 aliphatic rings. The number of aromatic nitrogens is 2. The summed E-state index contributed by atoms with van der Waals surface area (Å²) in [4.78, 5) is 5.16. The Morgan fingerprint density at radius 3 is 1.71 bits per heavy atom. The van der Waals surface area contributed by atoms with Crippen molar-refractivity contribution in [2.45, 2.75) is 52.7 Å². The summed E-state index contributed by atoms with van der Waals surface area (Å²) < 4.78 is 4.97. The second-order valence-corrected chi connectivity index (χ2v) is 21.6. The molecule has 324 valence electrons. The molecule has 1 spiro atoms. The van der Waals surface area contributed by atoms with Gasteiger partial charge in [-0.15, -0.1) is 0 Å². The fourth-order valence-corrected chi connectivity index (χ4v) is 16.4. The molecule has 3 atom stereocenters. The molecule has 2 aliphatic heterocycles. The highest BCUT2D eigenvalue weighted by atomic mass is 32.2. The van der Waals surface area contributed by atoms with Crippen LogP contribution in [0.15, 0.2) is 216 Å². The van der Waals surface area contributed by atoms with E-state index in [4.69, 9.17) is 0 Å². The van der Waals surface area contributed by atoms with Gasteiger partial charge in [0.25, 0.3) is 0 Å². The Bertz CT molecular complexity index is 3840. The van der Waals surface area contributed by atoms with Gasteiger partial charge < -0.3 is 14.0 Å². The minimum Gasteiger partial charge on any atom is -0.309 e. The molecule has 3 nitrogen and oxygen atoms in total. The normalized spacial score (nSPS) is 22.6. The Hall–Kier alpha value is -7.27. The lowest BCUT2D eigenvalue weighted by Gasteiger charge is -2.46. The molecule has 11 aromatic rings. The monoisotopic (exact) mass is 889 g/mol. The van der Waals surface area contributed by atoms with E-state index in [1.165, 1.54) is 125 Å². The van der Waals surface area contributed by atoms with E-state index in [2.05, 4.69) is 220 Å². The number of hydrogen-bond acceptors (Lipinski definition) is 2. The molecule has 0 N–H and O–H groups in total. The molecule has 3 unspecified atom stereocenters. The summed E-state index contributed by atoms with van der Waals surface area (Å²) in [5, 5.41) is 5.15. The predicted octanol–water partition coefficient (Wildman–Crippen LogP) is 16.6. The molecule has 68 heavy (non-hydrogen) atoms. The van der Waals surface area contributed by atoms with Gasteiger partial charge in [0.05, 0.1) is 38.9 Å². The van der Waals surface area contributed by atoms with Crippen LogP contribution in [0, 0.1) is 17.8 Å². The van der Waals surface area contributed by atoms with Gasteiger partial charge in [-0.25, -0.2) is 0 Å². The van der Waals surface area contributed by atoms with E-state index in [0.717, 1.165) is 29.1 Å². The quantitative estimate of drug-likeness (QED) is 0.171. The maximum Gasteiger partial charge on any atom is 0.0765 e. The molecule has 0 amide bonds. The highest BCUT2D eigenvalue weighted by Gasteiger charge is 2.58. The van der Waals surface area contributed by atoms with E-state index >= 15 is 0 Å². The Balaban J connectivity index is 0.936. The molecule has 4 fully saturated rings. The number of benzene rings is 9. The maximum atomic E-state index is 2.56. The molecule has 9 aromatic carbocycles. The second kappa shape index (κ2) is 13.7. The van der Waals surface area contributed by atoms with Crippen LogP contribution >= 0.6 is 11.8 Å². The van der Waals surface area contributed by atoms with Crippen LogP contribution in [0.1, 0.15) is 59.9 Å². The van der Waals surface area contributed by atoms with Gasteiger partial charge in [-0.2, -0.15) is 0 Å². The third-order valence-electron chi connectivity index (χ3n) is 17.4. The lowest BCUT2D eigenvalue weighted by atomic mass is 9.62. The van der Waals surface area contributed by atoms with E-state index < -0.39 is 5.41 Å². The van der Waals surface area contributed by atoms with Gasteiger partial charge in [-0.05, 0) is 156 Å². The zero-order chi connectivity index (χ0) is 44.3. The third kappa shape index (κ3) is 4.81. The van der Waals surface area contributed by atoms with Gasteiger partial charge in [0.15, 0.2) is 0 Å². The first-order valence-corrected chi connectivity index (χ1v) is 25.5. The third-order valence-corrected chi connectivity index (χ3v) is 18.6. The van der Waals surface area contributed by atoms with Crippen LogP contribution in [0.3, 0.4) is 0 Å². The van der Waals surface area contributed by atoms with Crippen LogP contribution < -0.4 is 4.90 Å². The van der Waals surface area contributed by atoms with E-state index in [-0.39, 0.29) is 0 Å². The molecular weight excluding hydrogens is 843 g/mol. The number of anilines is 3. The molecule has 4 saturated carbocycles. The molecule has 4 heterocycles. The van der Waals surface area contributed by atoms with Gasteiger partial charge in [0.2, 0.25) is 0 Å². The Morgan fingerprint density at radius 1 is 0.441 bits per heavy atom. The largest absolute Gasteiger partial charge is 0.309 e. The summed E-state index contributed by atoms with van der Waals surface area (Å²) in [6.07, 6.45) is 7.06. The summed E-state index contributed by atoms with van der Waals surface area (Å²) in [7, 11) is 0. The number of hydrogen-bond donors (Lipinski definition) is 0. The van der Waals surface area contributed by atoms with Crippen molar-refractivity contribution >= 4 is 72.4 Å². The first kappa shape index (κ1) is 37.8. The fraction of sp³-hybridized carbons (Fsp3) is 0.156. The molecular formula is C64H47N3S.